The molecule has 0 fully saturated rings. The van der Waals surface area contributed by atoms with Gasteiger partial charge in [-0.2, -0.15) is 0 Å². The van der Waals surface area contributed by atoms with Gasteiger partial charge in [-0.05, 0) is 31.1 Å². The predicted molar refractivity (Wildman–Crippen MR) is 78.2 cm³/mol. The molecule has 3 heteroatoms. The second kappa shape index (κ2) is 6.32. The fourth-order valence-corrected chi connectivity index (χ4v) is 2.20. The number of carbonyl (C=O) groups excluding carboxylic acids is 1. The highest BCUT2D eigenvalue weighted by Gasteiger charge is 2.11. The molecule has 3 nitrogen and oxygen atoms in total. The monoisotopic (exact) mass is 256 g/mol. The molecule has 19 heavy (non-hydrogen) atoms. The third-order valence-corrected chi connectivity index (χ3v) is 3.05. The van der Waals surface area contributed by atoms with Crippen LogP contribution in [-0.4, -0.2) is 15.3 Å². The van der Waals surface area contributed by atoms with E-state index in [1.165, 1.54) is 0 Å². The van der Waals surface area contributed by atoms with Crippen LogP contribution >= 0.6 is 0 Å². The molecule has 0 aliphatic rings. The Hall–Kier alpha value is -1.90. The zero-order valence-electron chi connectivity index (χ0n) is 11.6. The minimum atomic E-state index is 0.120. The molecule has 0 saturated heterocycles. The zero-order valence-corrected chi connectivity index (χ0v) is 11.6. The van der Waals surface area contributed by atoms with Gasteiger partial charge in [0.05, 0.1) is 17.5 Å². The number of fused-ring (bicyclic) bond motifs is 1. The van der Waals surface area contributed by atoms with Crippen molar-refractivity contribution >= 4 is 16.8 Å². The molecule has 1 aromatic heterocycles. The van der Waals surface area contributed by atoms with Crippen molar-refractivity contribution < 1.29 is 4.79 Å². The number of para-hydroxylation sites is 2. The third-order valence-electron chi connectivity index (χ3n) is 3.05. The maximum Gasteiger partial charge on any atom is 0.162 e. The largest absolute Gasteiger partial charge is 0.328 e. The van der Waals surface area contributed by atoms with Crippen molar-refractivity contribution in [1.82, 2.24) is 9.55 Å². The van der Waals surface area contributed by atoms with Crippen molar-refractivity contribution in [1.29, 1.82) is 0 Å². The molecule has 0 N–H and O–H groups in total. The Balaban J connectivity index is 2.33. The first kappa shape index (κ1) is 13.5. The predicted octanol–water partition coefficient (Wildman–Crippen LogP) is 3.52. The third kappa shape index (κ3) is 3.11. The van der Waals surface area contributed by atoms with Crippen molar-refractivity contribution in [2.45, 2.75) is 39.7 Å². The molecule has 0 aliphatic heterocycles. The van der Waals surface area contributed by atoms with Crippen molar-refractivity contribution in [2.75, 3.05) is 0 Å². The van der Waals surface area contributed by atoms with Crippen molar-refractivity contribution in [2.24, 2.45) is 0 Å². The SMILES string of the molecule is CC/C=C/C(=O)Cc1nc2ccccc2n1CCC. The van der Waals surface area contributed by atoms with Gasteiger partial charge in [0.25, 0.3) is 0 Å². The van der Waals surface area contributed by atoms with Crippen LogP contribution in [0.5, 0.6) is 0 Å². The Kier molecular flexibility index (Phi) is 4.50. The molecule has 100 valence electrons. The lowest BCUT2D eigenvalue weighted by Crippen LogP contribution is -2.08. The first-order chi connectivity index (χ1) is 9.26. The number of rotatable bonds is 6. The van der Waals surface area contributed by atoms with Gasteiger partial charge in [-0.3, -0.25) is 4.79 Å². The number of aromatic nitrogens is 2. The van der Waals surface area contributed by atoms with Gasteiger partial charge in [0.2, 0.25) is 0 Å². The lowest BCUT2D eigenvalue weighted by atomic mass is 10.2. The topological polar surface area (TPSA) is 34.9 Å². The quantitative estimate of drug-likeness (QED) is 0.741. The van der Waals surface area contributed by atoms with E-state index in [-0.39, 0.29) is 5.78 Å². The summed E-state index contributed by atoms with van der Waals surface area (Å²) in [6.07, 6.45) is 5.86. The summed E-state index contributed by atoms with van der Waals surface area (Å²) < 4.78 is 2.16. The van der Waals surface area contributed by atoms with E-state index in [9.17, 15) is 4.79 Å². The van der Waals surface area contributed by atoms with Crippen molar-refractivity contribution in [3.05, 3.63) is 42.2 Å². The minimum Gasteiger partial charge on any atom is -0.328 e. The number of hydrogen-bond donors (Lipinski definition) is 0. The summed E-state index contributed by atoms with van der Waals surface area (Å²) in [5.41, 5.74) is 2.09. The maximum atomic E-state index is 11.9. The molecule has 0 atom stereocenters. The molecule has 0 amide bonds. The Labute approximate surface area is 114 Å². The van der Waals surface area contributed by atoms with Crippen molar-refractivity contribution in [3.8, 4) is 0 Å². The van der Waals surface area contributed by atoms with Crippen LogP contribution in [0.1, 0.15) is 32.5 Å². The summed E-state index contributed by atoms with van der Waals surface area (Å²) >= 11 is 0. The molecular formula is C16H20N2O. The lowest BCUT2D eigenvalue weighted by molar-refractivity contribution is -0.114. The van der Waals surface area contributed by atoms with Crippen LogP contribution in [-0.2, 0) is 17.8 Å². The number of ketones is 1. The molecule has 0 saturated carbocycles. The van der Waals surface area contributed by atoms with Crippen LogP contribution in [0.25, 0.3) is 11.0 Å². The first-order valence-electron chi connectivity index (χ1n) is 6.89. The molecule has 0 bridgehead atoms. The number of aryl methyl sites for hydroxylation is 1. The summed E-state index contributed by atoms with van der Waals surface area (Å²) in [6, 6.07) is 8.05. The minimum absolute atomic E-state index is 0.120. The van der Waals surface area contributed by atoms with E-state index in [0.717, 1.165) is 36.2 Å². The fraction of sp³-hybridized carbons (Fsp3) is 0.375. The number of benzene rings is 1. The Morgan fingerprint density at radius 3 is 2.84 bits per heavy atom. The fourth-order valence-electron chi connectivity index (χ4n) is 2.20. The van der Waals surface area contributed by atoms with Gasteiger partial charge < -0.3 is 4.57 Å². The average molecular weight is 256 g/mol. The highest BCUT2D eigenvalue weighted by atomic mass is 16.1. The zero-order chi connectivity index (χ0) is 13.7. The first-order valence-corrected chi connectivity index (χ1v) is 6.89. The number of carbonyl (C=O) groups is 1. The van der Waals surface area contributed by atoms with E-state index in [2.05, 4.69) is 22.5 Å². The van der Waals surface area contributed by atoms with E-state index in [1.54, 1.807) is 6.08 Å². The molecule has 1 heterocycles. The molecule has 0 aliphatic carbocycles. The van der Waals surface area contributed by atoms with Gasteiger partial charge in [-0.25, -0.2) is 4.98 Å². The Morgan fingerprint density at radius 1 is 1.32 bits per heavy atom. The summed E-state index contributed by atoms with van der Waals surface area (Å²) in [6.45, 7) is 5.06. The second-order valence-corrected chi connectivity index (χ2v) is 4.62. The molecule has 2 rings (SSSR count). The summed E-state index contributed by atoms with van der Waals surface area (Å²) in [5, 5.41) is 0. The number of allylic oxidation sites excluding steroid dienone is 2. The van der Waals surface area contributed by atoms with Crippen LogP contribution in [0.15, 0.2) is 36.4 Å². The Morgan fingerprint density at radius 2 is 2.11 bits per heavy atom. The van der Waals surface area contributed by atoms with Gasteiger partial charge in [0.15, 0.2) is 5.78 Å². The van der Waals surface area contributed by atoms with E-state index >= 15 is 0 Å². The van der Waals surface area contributed by atoms with E-state index < -0.39 is 0 Å². The normalized spacial score (nSPS) is 11.5. The highest BCUT2D eigenvalue weighted by molar-refractivity contribution is 5.91. The van der Waals surface area contributed by atoms with Gasteiger partial charge >= 0.3 is 0 Å². The van der Waals surface area contributed by atoms with Crippen LogP contribution < -0.4 is 0 Å². The van der Waals surface area contributed by atoms with Gasteiger partial charge in [-0.15, -0.1) is 0 Å². The van der Waals surface area contributed by atoms with Crippen LogP contribution in [0.4, 0.5) is 0 Å². The Bertz CT molecular complexity index is 596. The van der Waals surface area contributed by atoms with Gasteiger partial charge in [-0.1, -0.05) is 32.1 Å². The molecule has 0 unspecified atom stereocenters. The molecule has 0 spiro atoms. The standard InChI is InChI=1S/C16H20N2O/c1-3-5-8-13(19)12-16-17-14-9-6-7-10-15(14)18(16)11-4-2/h5-10H,3-4,11-12H2,1-2H3/b8-5+. The van der Waals surface area contributed by atoms with Gasteiger partial charge in [0, 0.05) is 6.54 Å². The highest BCUT2D eigenvalue weighted by Crippen LogP contribution is 2.17. The molecule has 0 radical (unpaired) electrons. The van der Waals surface area contributed by atoms with Crippen molar-refractivity contribution in [3.63, 3.8) is 0 Å². The average Bonchev–Trinajstić information content (AvgIpc) is 2.75. The van der Waals surface area contributed by atoms with Crippen LogP contribution in [0.3, 0.4) is 0 Å². The summed E-state index contributed by atoms with van der Waals surface area (Å²) in [7, 11) is 0. The summed E-state index contributed by atoms with van der Waals surface area (Å²) in [5.74, 6) is 0.989. The molecule has 2 aromatic rings. The number of nitrogens with zero attached hydrogens (tertiary/aromatic N) is 2. The smallest absolute Gasteiger partial charge is 0.162 e. The van der Waals surface area contributed by atoms with Crippen LogP contribution in [0.2, 0.25) is 0 Å². The van der Waals surface area contributed by atoms with E-state index in [4.69, 9.17) is 0 Å². The number of imidazole rings is 1. The van der Waals surface area contributed by atoms with E-state index in [0.29, 0.717) is 6.42 Å². The van der Waals surface area contributed by atoms with Gasteiger partial charge in [0.1, 0.15) is 5.82 Å². The van der Waals surface area contributed by atoms with E-state index in [1.807, 2.05) is 31.2 Å². The second-order valence-electron chi connectivity index (χ2n) is 4.62. The molecular weight excluding hydrogens is 236 g/mol. The lowest BCUT2D eigenvalue weighted by Gasteiger charge is -2.06. The van der Waals surface area contributed by atoms with Crippen LogP contribution in [0, 0.1) is 0 Å². The summed E-state index contributed by atoms with van der Waals surface area (Å²) in [4.78, 5) is 16.5. The maximum absolute atomic E-state index is 11.9. The number of hydrogen-bond acceptors (Lipinski definition) is 2. The molecule has 1 aromatic carbocycles.